The highest BCUT2D eigenvalue weighted by atomic mass is 16.5. The molecule has 1 aromatic heterocycles. The second-order valence-corrected chi connectivity index (χ2v) is 9.98. The molecule has 4 rings (SSSR count). The van der Waals surface area contributed by atoms with E-state index in [1.54, 1.807) is 55.6 Å². The summed E-state index contributed by atoms with van der Waals surface area (Å²) >= 11 is 0. The van der Waals surface area contributed by atoms with Gasteiger partial charge in [0.05, 0.1) is 18.3 Å². The molecule has 4 aromatic rings. The van der Waals surface area contributed by atoms with Gasteiger partial charge in [0.15, 0.2) is 5.78 Å². The Labute approximate surface area is 227 Å². The summed E-state index contributed by atoms with van der Waals surface area (Å²) in [6, 6.07) is 20.1. The topological polar surface area (TPSA) is 106 Å². The first-order valence-electron chi connectivity index (χ1n) is 12.8. The van der Waals surface area contributed by atoms with Crippen molar-refractivity contribution in [3.63, 3.8) is 0 Å². The van der Waals surface area contributed by atoms with Crippen LogP contribution in [0, 0.1) is 0 Å². The number of ether oxygens (including phenoxy) is 1. The number of amides is 2. The largest absolute Gasteiger partial charge is 0.497 e. The van der Waals surface area contributed by atoms with Gasteiger partial charge < -0.3 is 10.1 Å². The van der Waals surface area contributed by atoms with Crippen LogP contribution in [0.15, 0.2) is 72.8 Å². The van der Waals surface area contributed by atoms with Gasteiger partial charge in [0.2, 0.25) is 11.8 Å². The van der Waals surface area contributed by atoms with E-state index in [4.69, 9.17) is 4.74 Å². The number of anilines is 1. The lowest BCUT2D eigenvalue weighted by Gasteiger charge is -2.35. The minimum absolute atomic E-state index is 0.191. The van der Waals surface area contributed by atoms with E-state index in [1.807, 2.05) is 45.0 Å². The van der Waals surface area contributed by atoms with Crippen molar-refractivity contribution in [2.75, 3.05) is 12.0 Å². The lowest BCUT2D eigenvalue weighted by molar-refractivity contribution is -0.128. The van der Waals surface area contributed by atoms with Crippen molar-refractivity contribution in [1.82, 2.24) is 20.3 Å². The maximum absolute atomic E-state index is 14.2. The predicted octanol–water partition coefficient (Wildman–Crippen LogP) is 4.72. The fourth-order valence-electron chi connectivity index (χ4n) is 4.33. The standard InChI is InChI=1S/C30H33N5O4/c1-6-30(3,4)31-29(38)28(21-15-17-22(39-5)18-16-21)35(25-13-9-7-11-23(25)20(2)36)27(37)19-34-26-14-10-8-12-24(26)32-33-34/h7-18,28H,6,19H2,1-5H3,(H,31,38)/t28-/m1/s1. The maximum atomic E-state index is 14.2. The third kappa shape index (κ3) is 5.98. The van der Waals surface area contributed by atoms with E-state index in [0.29, 0.717) is 40.0 Å². The molecule has 0 unspecified atom stereocenters. The highest BCUT2D eigenvalue weighted by molar-refractivity contribution is 6.08. The summed E-state index contributed by atoms with van der Waals surface area (Å²) in [5.41, 5.74) is 2.03. The van der Waals surface area contributed by atoms with E-state index < -0.39 is 17.5 Å². The van der Waals surface area contributed by atoms with Gasteiger partial charge in [-0.25, -0.2) is 4.68 Å². The van der Waals surface area contributed by atoms with Crippen molar-refractivity contribution in [3.05, 3.63) is 83.9 Å². The normalized spacial score (nSPS) is 12.1. The number of nitrogens with zero attached hydrogens (tertiary/aromatic N) is 4. The molecule has 0 aliphatic heterocycles. The molecule has 1 heterocycles. The molecule has 202 valence electrons. The Balaban J connectivity index is 1.89. The van der Waals surface area contributed by atoms with Crippen molar-refractivity contribution in [2.24, 2.45) is 0 Å². The highest BCUT2D eigenvalue weighted by Gasteiger charge is 2.36. The van der Waals surface area contributed by atoms with Gasteiger partial charge >= 0.3 is 0 Å². The van der Waals surface area contributed by atoms with Crippen LogP contribution in [0.3, 0.4) is 0 Å². The number of benzene rings is 3. The van der Waals surface area contributed by atoms with Crippen LogP contribution >= 0.6 is 0 Å². The number of rotatable bonds is 10. The minimum Gasteiger partial charge on any atom is -0.497 e. The summed E-state index contributed by atoms with van der Waals surface area (Å²) < 4.78 is 6.82. The van der Waals surface area contributed by atoms with E-state index in [9.17, 15) is 14.4 Å². The number of fused-ring (bicyclic) bond motifs is 1. The summed E-state index contributed by atoms with van der Waals surface area (Å²) in [4.78, 5) is 42.3. The second kappa shape index (κ2) is 11.5. The number of methoxy groups -OCH3 is 1. The van der Waals surface area contributed by atoms with Crippen molar-refractivity contribution in [1.29, 1.82) is 0 Å². The Hall–Kier alpha value is -4.53. The van der Waals surface area contributed by atoms with Gasteiger partial charge in [-0.3, -0.25) is 19.3 Å². The van der Waals surface area contributed by atoms with E-state index in [1.165, 1.54) is 16.5 Å². The fourth-order valence-corrected chi connectivity index (χ4v) is 4.33. The maximum Gasteiger partial charge on any atom is 0.249 e. The van der Waals surface area contributed by atoms with Crippen LogP contribution in [0.4, 0.5) is 5.69 Å². The van der Waals surface area contributed by atoms with Gasteiger partial charge in [0, 0.05) is 11.1 Å². The van der Waals surface area contributed by atoms with Gasteiger partial charge in [0.1, 0.15) is 23.9 Å². The van der Waals surface area contributed by atoms with Gasteiger partial charge in [-0.05, 0) is 69.2 Å². The molecule has 9 heteroatoms. The smallest absolute Gasteiger partial charge is 0.249 e. The molecule has 1 N–H and O–H groups in total. The number of para-hydroxylation sites is 2. The molecule has 0 spiro atoms. The van der Waals surface area contributed by atoms with Crippen molar-refractivity contribution in [3.8, 4) is 5.75 Å². The number of hydrogen-bond donors (Lipinski definition) is 1. The quantitative estimate of drug-likeness (QED) is 0.299. The molecule has 0 fully saturated rings. The molecule has 0 saturated heterocycles. The van der Waals surface area contributed by atoms with Crippen LogP contribution < -0.4 is 15.0 Å². The van der Waals surface area contributed by atoms with Gasteiger partial charge in [-0.2, -0.15) is 0 Å². The molecular formula is C30H33N5O4. The van der Waals surface area contributed by atoms with Crippen LogP contribution in [0.5, 0.6) is 5.75 Å². The summed E-state index contributed by atoms with van der Waals surface area (Å²) in [6.45, 7) is 7.08. The molecule has 0 aliphatic rings. The highest BCUT2D eigenvalue weighted by Crippen LogP contribution is 2.33. The molecule has 3 aromatic carbocycles. The lowest BCUT2D eigenvalue weighted by atomic mass is 9.97. The van der Waals surface area contributed by atoms with E-state index in [0.717, 1.165) is 0 Å². The summed E-state index contributed by atoms with van der Waals surface area (Å²) in [6.07, 6.45) is 0.678. The number of carbonyl (C=O) groups is 3. The van der Waals surface area contributed by atoms with Crippen LogP contribution in [0.25, 0.3) is 11.0 Å². The number of hydrogen-bond acceptors (Lipinski definition) is 6. The van der Waals surface area contributed by atoms with Crippen LogP contribution in [0.1, 0.15) is 56.1 Å². The molecule has 2 amide bonds. The average molecular weight is 528 g/mol. The lowest BCUT2D eigenvalue weighted by Crippen LogP contribution is -2.51. The van der Waals surface area contributed by atoms with E-state index in [-0.39, 0.29) is 18.2 Å². The first-order valence-corrected chi connectivity index (χ1v) is 12.8. The molecular weight excluding hydrogens is 494 g/mol. The number of Topliss-reactive ketones (excluding diaryl/α,β-unsaturated/α-hetero) is 1. The minimum atomic E-state index is -1.08. The Morgan fingerprint density at radius 2 is 1.67 bits per heavy atom. The molecule has 9 nitrogen and oxygen atoms in total. The molecule has 1 atom stereocenters. The van der Waals surface area contributed by atoms with E-state index in [2.05, 4.69) is 15.6 Å². The van der Waals surface area contributed by atoms with Crippen LogP contribution in [0.2, 0.25) is 0 Å². The number of aromatic nitrogens is 3. The Morgan fingerprint density at radius 3 is 2.33 bits per heavy atom. The van der Waals surface area contributed by atoms with Crippen molar-refractivity contribution in [2.45, 2.75) is 52.2 Å². The third-order valence-electron chi connectivity index (χ3n) is 6.80. The van der Waals surface area contributed by atoms with Crippen molar-refractivity contribution >= 4 is 34.3 Å². The first-order chi connectivity index (χ1) is 18.6. The first kappa shape index (κ1) is 27.5. The second-order valence-electron chi connectivity index (χ2n) is 9.98. The third-order valence-corrected chi connectivity index (χ3v) is 6.80. The number of carbonyl (C=O) groups excluding carboxylic acids is 3. The Bertz CT molecular complexity index is 1490. The molecule has 39 heavy (non-hydrogen) atoms. The summed E-state index contributed by atoms with van der Waals surface area (Å²) in [5.74, 6) is -0.410. The van der Waals surface area contributed by atoms with Gasteiger partial charge in [-0.15, -0.1) is 5.10 Å². The molecule has 0 radical (unpaired) electrons. The monoisotopic (exact) mass is 527 g/mol. The molecule has 0 saturated carbocycles. The van der Waals surface area contributed by atoms with Crippen molar-refractivity contribution < 1.29 is 19.1 Å². The van der Waals surface area contributed by atoms with Gasteiger partial charge in [0.25, 0.3) is 0 Å². The van der Waals surface area contributed by atoms with Gasteiger partial charge in [-0.1, -0.05) is 48.5 Å². The Kier molecular flexibility index (Phi) is 8.09. The fraction of sp³-hybridized carbons (Fsp3) is 0.300. The zero-order chi connectivity index (χ0) is 28.2. The summed E-state index contributed by atoms with van der Waals surface area (Å²) in [7, 11) is 1.56. The Morgan fingerprint density at radius 1 is 1.00 bits per heavy atom. The average Bonchev–Trinajstić information content (AvgIpc) is 3.34. The summed E-state index contributed by atoms with van der Waals surface area (Å²) in [5, 5.41) is 11.4. The molecule has 0 bridgehead atoms. The molecule has 0 aliphatic carbocycles. The SMILES string of the molecule is CCC(C)(C)NC(=O)[C@@H](c1ccc(OC)cc1)N(C(=O)Cn1nnc2ccccc21)c1ccccc1C(C)=O. The zero-order valence-corrected chi connectivity index (χ0v) is 22.8. The van der Waals surface area contributed by atoms with E-state index >= 15 is 0 Å². The predicted molar refractivity (Wildman–Crippen MR) is 150 cm³/mol. The number of nitrogens with one attached hydrogen (secondary N) is 1. The zero-order valence-electron chi connectivity index (χ0n) is 22.8. The van der Waals surface area contributed by atoms with Crippen LogP contribution in [-0.4, -0.2) is 45.2 Å². The van der Waals surface area contributed by atoms with Crippen LogP contribution in [-0.2, 0) is 16.1 Å². The number of ketones is 1.